The summed E-state index contributed by atoms with van der Waals surface area (Å²) in [6.45, 7) is 10.4. The molecule has 0 saturated carbocycles. The Morgan fingerprint density at radius 2 is 1.62 bits per heavy atom. The second kappa shape index (κ2) is 11.7. The second-order valence-electron chi connectivity index (χ2n) is 5.69. The lowest BCUT2D eigenvalue weighted by Crippen LogP contribution is -2.24. The van der Waals surface area contributed by atoms with Gasteiger partial charge in [-0.25, -0.2) is 0 Å². The maximum atomic E-state index is 5.62. The molecule has 0 fully saturated rings. The van der Waals surface area contributed by atoms with Crippen LogP contribution in [-0.4, -0.2) is 32.4 Å². The Labute approximate surface area is 130 Å². The SMILES string of the molecule is CCCCOCCOCc1ccc(CCNC(C)C)cc1. The van der Waals surface area contributed by atoms with Crippen LogP contribution in [0.3, 0.4) is 0 Å². The fourth-order valence-electron chi connectivity index (χ4n) is 1.96. The largest absolute Gasteiger partial charge is 0.379 e. The van der Waals surface area contributed by atoms with E-state index in [9.17, 15) is 0 Å². The monoisotopic (exact) mass is 293 g/mol. The maximum absolute atomic E-state index is 5.62. The Morgan fingerprint density at radius 3 is 2.29 bits per heavy atom. The van der Waals surface area contributed by atoms with Crippen molar-refractivity contribution in [3.63, 3.8) is 0 Å². The van der Waals surface area contributed by atoms with E-state index >= 15 is 0 Å². The van der Waals surface area contributed by atoms with Crippen LogP contribution in [0.15, 0.2) is 24.3 Å². The molecule has 0 heterocycles. The van der Waals surface area contributed by atoms with Crippen molar-refractivity contribution >= 4 is 0 Å². The first-order chi connectivity index (χ1) is 10.2. The first-order valence-corrected chi connectivity index (χ1v) is 8.19. The van der Waals surface area contributed by atoms with E-state index < -0.39 is 0 Å². The zero-order valence-corrected chi connectivity index (χ0v) is 13.9. The molecule has 1 aromatic carbocycles. The van der Waals surface area contributed by atoms with Crippen molar-refractivity contribution < 1.29 is 9.47 Å². The van der Waals surface area contributed by atoms with Gasteiger partial charge < -0.3 is 14.8 Å². The Morgan fingerprint density at radius 1 is 0.952 bits per heavy atom. The predicted octanol–water partition coefficient (Wildman–Crippen LogP) is 3.56. The van der Waals surface area contributed by atoms with Crippen molar-refractivity contribution in [2.75, 3.05) is 26.4 Å². The molecule has 21 heavy (non-hydrogen) atoms. The molecule has 1 aromatic rings. The molecule has 3 heteroatoms. The van der Waals surface area contributed by atoms with Crippen LogP contribution in [0.4, 0.5) is 0 Å². The highest BCUT2D eigenvalue weighted by Gasteiger charge is 1.97. The van der Waals surface area contributed by atoms with Crippen molar-refractivity contribution in [1.82, 2.24) is 5.32 Å². The van der Waals surface area contributed by atoms with Gasteiger partial charge in [0, 0.05) is 12.6 Å². The van der Waals surface area contributed by atoms with Crippen molar-refractivity contribution in [3.05, 3.63) is 35.4 Å². The van der Waals surface area contributed by atoms with Crippen molar-refractivity contribution in [1.29, 1.82) is 0 Å². The fourth-order valence-corrected chi connectivity index (χ4v) is 1.96. The zero-order valence-electron chi connectivity index (χ0n) is 13.9. The lowest BCUT2D eigenvalue weighted by Gasteiger charge is -2.09. The number of benzene rings is 1. The van der Waals surface area contributed by atoms with Gasteiger partial charge in [0.05, 0.1) is 19.8 Å². The fraction of sp³-hybridized carbons (Fsp3) is 0.667. The van der Waals surface area contributed by atoms with E-state index in [4.69, 9.17) is 9.47 Å². The minimum atomic E-state index is 0.553. The number of rotatable bonds is 12. The van der Waals surface area contributed by atoms with E-state index in [0.29, 0.717) is 25.9 Å². The summed E-state index contributed by atoms with van der Waals surface area (Å²) in [6, 6.07) is 9.25. The van der Waals surface area contributed by atoms with Crippen LogP contribution in [-0.2, 0) is 22.5 Å². The summed E-state index contributed by atoms with van der Waals surface area (Å²) in [7, 11) is 0. The molecule has 0 saturated heterocycles. The third kappa shape index (κ3) is 9.62. The summed E-state index contributed by atoms with van der Waals surface area (Å²) in [5, 5.41) is 3.43. The molecule has 0 radical (unpaired) electrons. The third-order valence-electron chi connectivity index (χ3n) is 3.27. The number of unbranched alkanes of at least 4 members (excludes halogenated alkanes) is 1. The molecule has 1 N–H and O–H groups in total. The molecule has 120 valence electrons. The highest BCUT2D eigenvalue weighted by molar-refractivity contribution is 5.22. The lowest BCUT2D eigenvalue weighted by molar-refractivity contribution is 0.0397. The van der Waals surface area contributed by atoms with Crippen LogP contribution >= 0.6 is 0 Å². The van der Waals surface area contributed by atoms with Crippen LogP contribution in [0.25, 0.3) is 0 Å². The predicted molar refractivity (Wildman–Crippen MR) is 88.7 cm³/mol. The normalized spacial score (nSPS) is 11.2. The van der Waals surface area contributed by atoms with Crippen LogP contribution in [0.2, 0.25) is 0 Å². The van der Waals surface area contributed by atoms with Gasteiger partial charge in [0.25, 0.3) is 0 Å². The summed E-state index contributed by atoms with van der Waals surface area (Å²) < 4.78 is 11.1. The number of nitrogens with one attached hydrogen (secondary N) is 1. The van der Waals surface area contributed by atoms with Gasteiger partial charge in [0.15, 0.2) is 0 Å². The summed E-state index contributed by atoms with van der Waals surface area (Å²) in [5.74, 6) is 0. The average Bonchev–Trinajstić information content (AvgIpc) is 2.47. The Balaban J connectivity index is 2.10. The Hall–Kier alpha value is -0.900. The summed E-state index contributed by atoms with van der Waals surface area (Å²) >= 11 is 0. The third-order valence-corrected chi connectivity index (χ3v) is 3.27. The highest BCUT2D eigenvalue weighted by Crippen LogP contribution is 2.06. The summed E-state index contributed by atoms with van der Waals surface area (Å²) in [6.07, 6.45) is 3.39. The molecule has 0 unspecified atom stereocenters. The van der Waals surface area contributed by atoms with E-state index in [0.717, 1.165) is 26.0 Å². The van der Waals surface area contributed by atoms with Gasteiger partial charge in [-0.2, -0.15) is 0 Å². The van der Waals surface area contributed by atoms with Gasteiger partial charge in [0.2, 0.25) is 0 Å². The molecular weight excluding hydrogens is 262 g/mol. The van der Waals surface area contributed by atoms with E-state index in [1.54, 1.807) is 0 Å². The van der Waals surface area contributed by atoms with Crippen molar-refractivity contribution in [3.8, 4) is 0 Å². The van der Waals surface area contributed by atoms with Crippen molar-refractivity contribution in [2.45, 2.75) is 52.7 Å². The Bertz CT molecular complexity index is 349. The molecule has 0 atom stereocenters. The van der Waals surface area contributed by atoms with E-state index in [1.807, 2.05) is 0 Å². The van der Waals surface area contributed by atoms with Gasteiger partial charge >= 0.3 is 0 Å². The molecule has 0 aromatic heterocycles. The topological polar surface area (TPSA) is 30.5 Å². The maximum Gasteiger partial charge on any atom is 0.0718 e. The molecule has 0 bridgehead atoms. The molecule has 0 spiro atoms. The van der Waals surface area contributed by atoms with Gasteiger partial charge in [0.1, 0.15) is 0 Å². The molecule has 0 amide bonds. The smallest absolute Gasteiger partial charge is 0.0718 e. The minimum absolute atomic E-state index is 0.553. The average molecular weight is 293 g/mol. The number of hydrogen-bond donors (Lipinski definition) is 1. The zero-order chi connectivity index (χ0) is 15.3. The highest BCUT2D eigenvalue weighted by atomic mass is 16.5. The van der Waals surface area contributed by atoms with Crippen molar-refractivity contribution in [2.24, 2.45) is 0 Å². The first-order valence-electron chi connectivity index (χ1n) is 8.19. The Kier molecular flexibility index (Phi) is 10.1. The summed E-state index contributed by atoms with van der Waals surface area (Å²) in [4.78, 5) is 0. The van der Waals surface area contributed by atoms with Gasteiger partial charge in [-0.3, -0.25) is 0 Å². The van der Waals surface area contributed by atoms with E-state index in [1.165, 1.54) is 17.5 Å². The van der Waals surface area contributed by atoms with E-state index in [-0.39, 0.29) is 0 Å². The molecule has 0 aliphatic carbocycles. The standard InChI is InChI=1S/C18H31NO2/c1-4-5-12-20-13-14-21-15-18-8-6-17(7-9-18)10-11-19-16(2)3/h6-9,16,19H,4-5,10-15H2,1-3H3. The molecule has 1 rings (SSSR count). The lowest BCUT2D eigenvalue weighted by atomic mass is 10.1. The van der Waals surface area contributed by atoms with Gasteiger partial charge in [-0.15, -0.1) is 0 Å². The van der Waals surface area contributed by atoms with Crippen LogP contribution in [0.1, 0.15) is 44.7 Å². The van der Waals surface area contributed by atoms with Crippen LogP contribution in [0, 0.1) is 0 Å². The minimum Gasteiger partial charge on any atom is -0.379 e. The van der Waals surface area contributed by atoms with Crippen LogP contribution < -0.4 is 5.32 Å². The van der Waals surface area contributed by atoms with Gasteiger partial charge in [-0.1, -0.05) is 51.5 Å². The number of hydrogen-bond acceptors (Lipinski definition) is 3. The van der Waals surface area contributed by atoms with Crippen LogP contribution in [0.5, 0.6) is 0 Å². The molecule has 0 aliphatic rings. The first kappa shape index (κ1) is 18.1. The molecule has 0 aliphatic heterocycles. The molecule has 3 nitrogen and oxygen atoms in total. The quantitative estimate of drug-likeness (QED) is 0.598. The van der Waals surface area contributed by atoms with E-state index in [2.05, 4.69) is 50.4 Å². The number of ether oxygens (including phenoxy) is 2. The second-order valence-corrected chi connectivity index (χ2v) is 5.69. The van der Waals surface area contributed by atoms with Gasteiger partial charge in [-0.05, 0) is 30.5 Å². The summed E-state index contributed by atoms with van der Waals surface area (Å²) in [5.41, 5.74) is 2.60. The molecular formula is C18H31NO2.